The Balaban J connectivity index is 2.59. The molecule has 1 atom stereocenters. The smallest absolute Gasteiger partial charge is 0.406 e. The third kappa shape index (κ3) is 5.27. The number of rotatable bonds is 6. The first-order valence-corrected chi connectivity index (χ1v) is 5.77. The highest BCUT2D eigenvalue weighted by molar-refractivity contribution is 5.47. The minimum Gasteiger partial charge on any atom is -0.406 e. The van der Waals surface area contributed by atoms with Crippen LogP contribution in [0.5, 0.6) is 5.75 Å². The van der Waals surface area contributed by atoms with Crippen LogP contribution in [0.2, 0.25) is 0 Å². The van der Waals surface area contributed by atoms with Crippen molar-refractivity contribution in [2.45, 2.75) is 32.2 Å². The lowest BCUT2D eigenvalue weighted by molar-refractivity contribution is -0.274. The lowest BCUT2D eigenvalue weighted by Crippen LogP contribution is -2.22. The Morgan fingerprint density at radius 3 is 2.33 bits per heavy atom. The van der Waals surface area contributed by atoms with Crippen molar-refractivity contribution in [3.8, 4) is 5.75 Å². The monoisotopic (exact) mass is 262 g/mol. The van der Waals surface area contributed by atoms with Gasteiger partial charge in [-0.2, -0.15) is 0 Å². The third-order valence-corrected chi connectivity index (χ3v) is 2.47. The number of halogens is 3. The summed E-state index contributed by atoms with van der Waals surface area (Å²) in [4.78, 5) is 0. The molecule has 1 unspecified atom stereocenters. The maximum atomic E-state index is 12.0. The zero-order chi connectivity index (χ0) is 13.6. The molecule has 0 heterocycles. The number of hydrogen-bond donors (Lipinski definition) is 2. The summed E-state index contributed by atoms with van der Waals surface area (Å²) in [6.45, 7) is 2.59. The van der Waals surface area contributed by atoms with Crippen LogP contribution in [0.15, 0.2) is 24.3 Å². The van der Waals surface area contributed by atoms with E-state index in [2.05, 4.69) is 10.1 Å². The summed E-state index contributed by atoms with van der Waals surface area (Å²) in [6.07, 6.45) is -2.93. The second kappa shape index (κ2) is 6.49. The molecule has 1 aromatic rings. The molecule has 6 heteroatoms. The van der Waals surface area contributed by atoms with Gasteiger partial charge in [0.05, 0.1) is 0 Å². The standard InChI is InChI=1S/C12H17F3N2O/c1-2-9(7-8-16)17-10-3-5-11(6-4-10)18-12(13,14)15/h3-6,9,17H,2,7-8,16H2,1H3. The van der Waals surface area contributed by atoms with Crippen molar-refractivity contribution < 1.29 is 17.9 Å². The fourth-order valence-electron chi connectivity index (χ4n) is 1.57. The Kier molecular flexibility index (Phi) is 5.27. The van der Waals surface area contributed by atoms with Gasteiger partial charge >= 0.3 is 6.36 Å². The van der Waals surface area contributed by atoms with Crippen molar-refractivity contribution in [2.24, 2.45) is 5.73 Å². The molecular weight excluding hydrogens is 245 g/mol. The summed E-state index contributed by atoms with van der Waals surface area (Å²) in [7, 11) is 0. The zero-order valence-corrected chi connectivity index (χ0v) is 10.1. The first-order valence-electron chi connectivity index (χ1n) is 5.77. The van der Waals surface area contributed by atoms with Crippen LogP contribution >= 0.6 is 0 Å². The lowest BCUT2D eigenvalue weighted by atomic mass is 10.1. The largest absolute Gasteiger partial charge is 0.573 e. The molecule has 0 radical (unpaired) electrons. The number of hydrogen-bond acceptors (Lipinski definition) is 3. The molecule has 0 aliphatic carbocycles. The van der Waals surface area contributed by atoms with Gasteiger partial charge in [0.1, 0.15) is 5.75 Å². The normalized spacial score (nSPS) is 13.2. The Morgan fingerprint density at radius 1 is 1.28 bits per heavy atom. The van der Waals surface area contributed by atoms with Crippen molar-refractivity contribution in [1.29, 1.82) is 0 Å². The van der Waals surface area contributed by atoms with Gasteiger partial charge in [-0.25, -0.2) is 0 Å². The number of nitrogens with one attached hydrogen (secondary N) is 1. The zero-order valence-electron chi connectivity index (χ0n) is 10.1. The van der Waals surface area contributed by atoms with Crippen molar-refractivity contribution in [1.82, 2.24) is 0 Å². The van der Waals surface area contributed by atoms with Gasteiger partial charge in [0.2, 0.25) is 0 Å². The molecule has 0 saturated heterocycles. The molecule has 0 amide bonds. The molecule has 0 saturated carbocycles. The van der Waals surface area contributed by atoms with Crippen LogP contribution in [0, 0.1) is 0 Å². The number of anilines is 1. The number of benzene rings is 1. The first kappa shape index (κ1) is 14.6. The maximum absolute atomic E-state index is 12.0. The fourth-order valence-corrected chi connectivity index (χ4v) is 1.57. The highest BCUT2D eigenvalue weighted by Crippen LogP contribution is 2.24. The molecule has 1 aromatic carbocycles. The van der Waals surface area contributed by atoms with Crippen molar-refractivity contribution in [2.75, 3.05) is 11.9 Å². The average molecular weight is 262 g/mol. The van der Waals surface area contributed by atoms with Gasteiger partial charge in [0, 0.05) is 11.7 Å². The second-order valence-electron chi connectivity index (χ2n) is 3.90. The Labute approximate surface area is 104 Å². The van der Waals surface area contributed by atoms with Crippen molar-refractivity contribution >= 4 is 5.69 Å². The van der Waals surface area contributed by atoms with E-state index in [-0.39, 0.29) is 11.8 Å². The molecule has 0 fully saturated rings. The van der Waals surface area contributed by atoms with Gasteiger partial charge in [0.15, 0.2) is 0 Å². The van der Waals surface area contributed by atoms with Crippen LogP contribution < -0.4 is 15.8 Å². The van der Waals surface area contributed by atoms with Gasteiger partial charge in [-0.3, -0.25) is 0 Å². The number of nitrogens with two attached hydrogens (primary N) is 1. The highest BCUT2D eigenvalue weighted by atomic mass is 19.4. The summed E-state index contributed by atoms with van der Waals surface area (Å²) in [6, 6.07) is 5.90. The molecule has 0 aromatic heterocycles. The van der Waals surface area contributed by atoms with Gasteiger partial charge in [-0.1, -0.05) is 6.92 Å². The summed E-state index contributed by atoms with van der Waals surface area (Å²) < 4.78 is 39.7. The van der Waals surface area contributed by atoms with Gasteiger partial charge in [0.25, 0.3) is 0 Å². The molecule has 0 bridgehead atoms. The molecule has 3 nitrogen and oxygen atoms in total. The second-order valence-corrected chi connectivity index (χ2v) is 3.90. The van der Waals surface area contributed by atoms with Crippen LogP contribution in [0.25, 0.3) is 0 Å². The van der Waals surface area contributed by atoms with Crippen molar-refractivity contribution in [3.05, 3.63) is 24.3 Å². The quantitative estimate of drug-likeness (QED) is 0.828. The summed E-state index contributed by atoms with van der Waals surface area (Å²) in [5, 5.41) is 3.20. The molecule has 0 aliphatic rings. The molecule has 1 rings (SSSR count). The van der Waals surface area contributed by atoms with E-state index in [4.69, 9.17) is 5.73 Å². The summed E-state index contributed by atoms with van der Waals surface area (Å²) >= 11 is 0. The number of ether oxygens (including phenoxy) is 1. The van der Waals surface area contributed by atoms with Gasteiger partial charge < -0.3 is 15.8 Å². The van der Waals surface area contributed by atoms with E-state index in [9.17, 15) is 13.2 Å². The predicted molar refractivity (Wildman–Crippen MR) is 64.5 cm³/mol. The Bertz CT molecular complexity index is 351. The first-order chi connectivity index (χ1) is 8.44. The van der Waals surface area contributed by atoms with E-state index in [0.717, 1.165) is 18.5 Å². The van der Waals surface area contributed by atoms with Crippen molar-refractivity contribution in [3.63, 3.8) is 0 Å². The summed E-state index contributed by atoms with van der Waals surface area (Å²) in [5.41, 5.74) is 6.22. The molecule has 18 heavy (non-hydrogen) atoms. The topological polar surface area (TPSA) is 47.3 Å². The van der Waals surface area contributed by atoms with Crippen LogP contribution in [0.4, 0.5) is 18.9 Å². The maximum Gasteiger partial charge on any atom is 0.573 e. The van der Waals surface area contributed by atoms with Crippen LogP contribution in [-0.4, -0.2) is 18.9 Å². The van der Waals surface area contributed by atoms with Gasteiger partial charge in [-0.15, -0.1) is 13.2 Å². The Hall–Kier alpha value is -1.43. The van der Waals surface area contributed by atoms with Crippen LogP contribution in [0.3, 0.4) is 0 Å². The molecule has 102 valence electrons. The van der Waals surface area contributed by atoms with E-state index in [1.807, 2.05) is 6.92 Å². The fraction of sp³-hybridized carbons (Fsp3) is 0.500. The molecule has 3 N–H and O–H groups in total. The minimum absolute atomic E-state index is 0.222. The van der Waals surface area contributed by atoms with Gasteiger partial charge in [-0.05, 0) is 43.7 Å². The molecular formula is C12H17F3N2O. The van der Waals surface area contributed by atoms with Crippen LogP contribution in [-0.2, 0) is 0 Å². The predicted octanol–water partition coefficient (Wildman–Crippen LogP) is 3.12. The van der Waals surface area contributed by atoms with Crippen LogP contribution in [0.1, 0.15) is 19.8 Å². The third-order valence-electron chi connectivity index (χ3n) is 2.47. The minimum atomic E-state index is -4.65. The highest BCUT2D eigenvalue weighted by Gasteiger charge is 2.30. The van der Waals surface area contributed by atoms with E-state index in [1.165, 1.54) is 12.1 Å². The molecule has 0 aliphatic heterocycles. The van der Waals surface area contributed by atoms with E-state index < -0.39 is 6.36 Å². The lowest BCUT2D eigenvalue weighted by Gasteiger charge is -2.17. The van der Waals surface area contributed by atoms with E-state index in [1.54, 1.807) is 12.1 Å². The van der Waals surface area contributed by atoms with E-state index in [0.29, 0.717) is 6.54 Å². The van der Waals surface area contributed by atoms with E-state index >= 15 is 0 Å². The molecule has 0 spiro atoms. The average Bonchev–Trinajstić information content (AvgIpc) is 2.29. The summed E-state index contributed by atoms with van der Waals surface area (Å²) in [5.74, 6) is -0.222. The SMILES string of the molecule is CCC(CCN)Nc1ccc(OC(F)(F)F)cc1. The number of alkyl halides is 3. The Morgan fingerprint density at radius 2 is 1.89 bits per heavy atom.